The van der Waals surface area contributed by atoms with Crippen molar-refractivity contribution in [1.29, 1.82) is 0 Å². The summed E-state index contributed by atoms with van der Waals surface area (Å²) in [6.45, 7) is 2.86. The normalized spacial score (nSPS) is 15.4. The maximum absolute atomic E-state index is 10.9. The fourth-order valence-corrected chi connectivity index (χ4v) is 2.11. The van der Waals surface area contributed by atoms with Crippen LogP contribution in [0.1, 0.15) is 23.6 Å². The van der Waals surface area contributed by atoms with E-state index in [4.69, 9.17) is 14.6 Å². The summed E-state index contributed by atoms with van der Waals surface area (Å²) in [5.41, 5.74) is 3.20. The highest BCUT2D eigenvalue weighted by Crippen LogP contribution is 2.32. The van der Waals surface area contributed by atoms with Crippen LogP contribution in [0.3, 0.4) is 0 Å². The van der Waals surface area contributed by atoms with E-state index in [2.05, 4.69) is 0 Å². The quantitative estimate of drug-likeness (QED) is 0.868. The molecule has 2 rings (SSSR count). The molecule has 1 unspecified atom stereocenters. The number of carboxylic acids is 1. The predicted octanol–water partition coefficient (Wildman–Crippen LogP) is 1.99. The van der Waals surface area contributed by atoms with Crippen LogP contribution in [0.2, 0.25) is 0 Å². The van der Waals surface area contributed by atoms with E-state index in [1.807, 2.05) is 12.1 Å². The minimum Gasteiger partial charge on any atom is -0.496 e. The molecule has 0 bridgehead atoms. The predicted molar refractivity (Wildman–Crippen MR) is 62.0 cm³/mol. The SMILES string of the molecule is COc1ccc2c(c1CC(C)C(=O)O)COC2. The minimum absolute atomic E-state index is 0.420. The third-order valence-corrected chi connectivity index (χ3v) is 3.14. The molecule has 1 aromatic carbocycles. The Balaban J connectivity index is 2.36. The minimum atomic E-state index is -0.788. The molecule has 0 radical (unpaired) electrons. The van der Waals surface area contributed by atoms with Gasteiger partial charge in [0.05, 0.1) is 26.2 Å². The van der Waals surface area contributed by atoms with Gasteiger partial charge in [0, 0.05) is 5.56 Å². The molecule has 0 fully saturated rings. The Morgan fingerprint density at radius 2 is 2.29 bits per heavy atom. The van der Waals surface area contributed by atoms with Crippen LogP contribution in [0.4, 0.5) is 0 Å². The number of rotatable bonds is 4. The van der Waals surface area contributed by atoms with Crippen LogP contribution >= 0.6 is 0 Å². The van der Waals surface area contributed by atoms with E-state index in [1.54, 1.807) is 14.0 Å². The first-order chi connectivity index (χ1) is 8.13. The molecule has 0 aromatic heterocycles. The van der Waals surface area contributed by atoms with Gasteiger partial charge < -0.3 is 14.6 Å². The zero-order valence-electron chi connectivity index (χ0n) is 10.0. The zero-order valence-corrected chi connectivity index (χ0v) is 10.0. The van der Waals surface area contributed by atoms with E-state index in [0.29, 0.717) is 19.6 Å². The molecule has 0 saturated carbocycles. The smallest absolute Gasteiger partial charge is 0.306 e. The topological polar surface area (TPSA) is 55.8 Å². The molecule has 1 aromatic rings. The molecule has 4 nitrogen and oxygen atoms in total. The van der Waals surface area contributed by atoms with Gasteiger partial charge in [0.15, 0.2) is 0 Å². The summed E-state index contributed by atoms with van der Waals surface area (Å²) in [5.74, 6) is -0.457. The Kier molecular flexibility index (Phi) is 3.33. The molecule has 0 saturated heterocycles. The van der Waals surface area contributed by atoms with Crippen LogP contribution < -0.4 is 4.74 Å². The second-order valence-corrected chi connectivity index (χ2v) is 4.32. The van der Waals surface area contributed by atoms with Gasteiger partial charge in [-0.2, -0.15) is 0 Å². The van der Waals surface area contributed by atoms with Gasteiger partial charge in [-0.05, 0) is 23.6 Å². The molecular formula is C13H16O4. The van der Waals surface area contributed by atoms with Gasteiger partial charge in [-0.15, -0.1) is 0 Å². The highest BCUT2D eigenvalue weighted by atomic mass is 16.5. The van der Waals surface area contributed by atoms with Gasteiger partial charge in [-0.25, -0.2) is 0 Å². The van der Waals surface area contributed by atoms with E-state index in [1.165, 1.54) is 0 Å². The highest BCUT2D eigenvalue weighted by molar-refractivity contribution is 5.70. The van der Waals surface area contributed by atoms with Crippen molar-refractivity contribution >= 4 is 5.97 Å². The number of carbonyl (C=O) groups is 1. The van der Waals surface area contributed by atoms with Crippen LogP contribution in [-0.4, -0.2) is 18.2 Å². The second-order valence-electron chi connectivity index (χ2n) is 4.32. The van der Waals surface area contributed by atoms with Crippen molar-refractivity contribution in [3.05, 3.63) is 28.8 Å². The van der Waals surface area contributed by atoms with E-state index in [0.717, 1.165) is 22.4 Å². The van der Waals surface area contributed by atoms with Crippen LogP contribution in [0.25, 0.3) is 0 Å². The third kappa shape index (κ3) is 2.26. The van der Waals surface area contributed by atoms with Crippen LogP contribution in [0, 0.1) is 5.92 Å². The van der Waals surface area contributed by atoms with Gasteiger partial charge in [0.2, 0.25) is 0 Å². The maximum atomic E-state index is 10.9. The summed E-state index contributed by atoms with van der Waals surface area (Å²) in [7, 11) is 1.60. The van der Waals surface area contributed by atoms with E-state index in [9.17, 15) is 4.79 Å². The largest absolute Gasteiger partial charge is 0.496 e. The second kappa shape index (κ2) is 4.75. The lowest BCUT2D eigenvalue weighted by Gasteiger charge is -2.14. The van der Waals surface area contributed by atoms with Crippen molar-refractivity contribution in [2.24, 2.45) is 5.92 Å². The molecular weight excluding hydrogens is 220 g/mol. The first-order valence-corrected chi connectivity index (χ1v) is 5.61. The Morgan fingerprint density at radius 3 is 2.94 bits per heavy atom. The average Bonchev–Trinajstić information content (AvgIpc) is 2.77. The van der Waals surface area contributed by atoms with Gasteiger partial charge >= 0.3 is 5.97 Å². The number of methoxy groups -OCH3 is 1. The standard InChI is InChI=1S/C13H16O4/c1-8(13(14)15)5-10-11-7-17-6-9(11)3-4-12(10)16-2/h3-4,8H,5-7H2,1-2H3,(H,14,15). The fraction of sp³-hybridized carbons (Fsp3) is 0.462. The third-order valence-electron chi connectivity index (χ3n) is 3.14. The summed E-state index contributed by atoms with van der Waals surface area (Å²) in [4.78, 5) is 10.9. The highest BCUT2D eigenvalue weighted by Gasteiger charge is 2.22. The van der Waals surface area contributed by atoms with E-state index < -0.39 is 11.9 Å². The first kappa shape index (κ1) is 11.9. The van der Waals surface area contributed by atoms with Crippen molar-refractivity contribution in [1.82, 2.24) is 0 Å². The van der Waals surface area contributed by atoms with Crippen LogP contribution in [0.5, 0.6) is 5.75 Å². The summed E-state index contributed by atoms with van der Waals surface area (Å²) < 4.78 is 10.7. The van der Waals surface area contributed by atoms with Crippen LogP contribution in [-0.2, 0) is 29.2 Å². The Hall–Kier alpha value is -1.55. The molecule has 92 valence electrons. The van der Waals surface area contributed by atoms with Gasteiger partial charge in [-0.3, -0.25) is 4.79 Å². The number of hydrogen-bond acceptors (Lipinski definition) is 3. The van der Waals surface area contributed by atoms with Crippen molar-refractivity contribution in [3.63, 3.8) is 0 Å². The van der Waals surface area contributed by atoms with E-state index >= 15 is 0 Å². The number of fused-ring (bicyclic) bond motifs is 1. The molecule has 1 atom stereocenters. The number of benzene rings is 1. The Morgan fingerprint density at radius 1 is 1.53 bits per heavy atom. The molecule has 1 aliphatic heterocycles. The first-order valence-electron chi connectivity index (χ1n) is 5.61. The van der Waals surface area contributed by atoms with Gasteiger partial charge in [-0.1, -0.05) is 13.0 Å². The van der Waals surface area contributed by atoms with Gasteiger partial charge in [0.1, 0.15) is 5.75 Å². The molecule has 4 heteroatoms. The van der Waals surface area contributed by atoms with Crippen molar-refractivity contribution < 1.29 is 19.4 Å². The molecule has 0 amide bonds. The van der Waals surface area contributed by atoms with Crippen molar-refractivity contribution in [2.75, 3.05) is 7.11 Å². The zero-order chi connectivity index (χ0) is 12.4. The molecule has 1 heterocycles. The number of carboxylic acid groups (broad SMARTS) is 1. The maximum Gasteiger partial charge on any atom is 0.306 e. The Bertz CT molecular complexity index is 439. The van der Waals surface area contributed by atoms with Crippen molar-refractivity contribution in [2.45, 2.75) is 26.6 Å². The van der Waals surface area contributed by atoms with E-state index in [-0.39, 0.29) is 0 Å². The summed E-state index contributed by atoms with van der Waals surface area (Å²) in [6.07, 6.45) is 0.477. The Labute approximate surface area is 100 Å². The summed E-state index contributed by atoms with van der Waals surface area (Å²) >= 11 is 0. The fourth-order valence-electron chi connectivity index (χ4n) is 2.11. The molecule has 1 N–H and O–H groups in total. The summed E-state index contributed by atoms with van der Waals surface area (Å²) in [5, 5.41) is 8.98. The van der Waals surface area contributed by atoms with Gasteiger partial charge in [0.25, 0.3) is 0 Å². The average molecular weight is 236 g/mol. The monoisotopic (exact) mass is 236 g/mol. The lowest BCUT2D eigenvalue weighted by atomic mass is 9.94. The molecule has 1 aliphatic rings. The molecule has 17 heavy (non-hydrogen) atoms. The molecule has 0 aliphatic carbocycles. The molecule has 0 spiro atoms. The summed E-state index contributed by atoms with van der Waals surface area (Å²) in [6, 6.07) is 3.87. The van der Waals surface area contributed by atoms with Crippen molar-refractivity contribution in [3.8, 4) is 5.75 Å². The number of ether oxygens (including phenoxy) is 2. The number of hydrogen-bond donors (Lipinski definition) is 1. The number of aliphatic carboxylic acids is 1. The lowest BCUT2D eigenvalue weighted by molar-refractivity contribution is -0.141. The van der Waals surface area contributed by atoms with Crippen LogP contribution in [0.15, 0.2) is 12.1 Å². The lowest BCUT2D eigenvalue weighted by Crippen LogP contribution is -2.14.